The van der Waals surface area contributed by atoms with Gasteiger partial charge in [-0.15, -0.1) is 0 Å². The second-order valence-corrected chi connectivity index (χ2v) is 8.70. The van der Waals surface area contributed by atoms with E-state index in [2.05, 4.69) is 34.2 Å². The fourth-order valence-corrected chi connectivity index (χ4v) is 4.80. The van der Waals surface area contributed by atoms with Crippen LogP contribution in [0.15, 0.2) is 29.3 Å². The molecule has 1 aromatic carbocycles. The highest BCUT2D eigenvalue weighted by molar-refractivity contribution is 5.80. The number of rotatable bonds is 8. The number of aliphatic imine (C=N–C) groups is 1. The quantitative estimate of drug-likeness (QED) is 0.490. The third-order valence-corrected chi connectivity index (χ3v) is 6.39. The van der Waals surface area contributed by atoms with Crippen LogP contribution < -0.4 is 15.8 Å². The minimum absolute atomic E-state index is 0.210. The number of amides is 1. The number of guanidine groups is 1. The number of nitrogens with one attached hydrogen (secondary N) is 1. The molecule has 0 spiro atoms. The molecule has 7 nitrogen and oxygen atoms in total. The van der Waals surface area contributed by atoms with Crippen molar-refractivity contribution in [2.24, 2.45) is 16.6 Å². The van der Waals surface area contributed by atoms with Gasteiger partial charge in [0, 0.05) is 26.1 Å². The van der Waals surface area contributed by atoms with Gasteiger partial charge in [0.25, 0.3) is 0 Å². The fourth-order valence-electron chi connectivity index (χ4n) is 4.80. The maximum atomic E-state index is 11.4. The zero-order chi connectivity index (χ0) is 22.1. The second-order valence-electron chi connectivity index (χ2n) is 8.70. The lowest BCUT2D eigenvalue weighted by molar-refractivity contribution is -0.119. The molecule has 0 aromatic heterocycles. The Morgan fingerprint density at radius 2 is 1.94 bits per heavy atom. The molecule has 3 N–H and O–H groups in total. The minimum Gasteiger partial charge on any atom is -0.497 e. The normalized spacial score (nSPS) is 21.5. The van der Waals surface area contributed by atoms with Crippen LogP contribution in [-0.2, 0) is 4.79 Å². The number of benzene rings is 1. The van der Waals surface area contributed by atoms with Gasteiger partial charge in [0.05, 0.1) is 19.7 Å². The third-order valence-electron chi connectivity index (χ3n) is 6.39. The zero-order valence-electron chi connectivity index (χ0n) is 19.2. The number of likely N-dealkylation sites (tertiary alicyclic amines) is 2. The number of nitrogens with two attached hydrogens (primary N) is 1. The summed E-state index contributed by atoms with van der Waals surface area (Å²) in [7, 11) is 1.70. The van der Waals surface area contributed by atoms with Crippen molar-refractivity contribution in [3.05, 3.63) is 29.8 Å². The van der Waals surface area contributed by atoms with Gasteiger partial charge < -0.3 is 20.7 Å². The molecule has 0 saturated carbocycles. The SMILES string of the molecule is CCNC(=NCC(c1ccc(OC)cc1)N1CCCCC1)N1CCCC(CC(N)=O)C1. The summed E-state index contributed by atoms with van der Waals surface area (Å²) < 4.78 is 5.35. The average molecular weight is 430 g/mol. The van der Waals surface area contributed by atoms with Crippen molar-refractivity contribution in [3.8, 4) is 5.75 Å². The molecule has 1 aromatic rings. The second kappa shape index (κ2) is 11.9. The molecule has 3 rings (SSSR count). The van der Waals surface area contributed by atoms with E-state index in [-0.39, 0.29) is 11.9 Å². The van der Waals surface area contributed by atoms with E-state index in [4.69, 9.17) is 15.5 Å². The topological polar surface area (TPSA) is 83.2 Å². The smallest absolute Gasteiger partial charge is 0.217 e. The largest absolute Gasteiger partial charge is 0.497 e. The minimum atomic E-state index is -0.210. The van der Waals surface area contributed by atoms with Crippen molar-refractivity contribution in [2.45, 2.75) is 51.5 Å². The Hall–Kier alpha value is -2.28. The van der Waals surface area contributed by atoms with Crippen LogP contribution in [0.4, 0.5) is 0 Å². The number of ether oxygens (including phenoxy) is 1. The van der Waals surface area contributed by atoms with Crippen LogP contribution in [0.2, 0.25) is 0 Å². The van der Waals surface area contributed by atoms with Crippen LogP contribution in [0.25, 0.3) is 0 Å². The summed E-state index contributed by atoms with van der Waals surface area (Å²) in [5, 5.41) is 3.48. The predicted octanol–water partition coefficient (Wildman–Crippen LogP) is 2.78. The Morgan fingerprint density at radius 1 is 1.19 bits per heavy atom. The number of carbonyl (C=O) groups excluding carboxylic acids is 1. The first-order chi connectivity index (χ1) is 15.1. The number of piperidine rings is 2. The van der Waals surface area contributed by atoms with Gasteiger partial charge in [-0.05, 0) is 69.3 Å². The Labute approximate surface area is 187 Å². The summed E-state index contributed by atoms with van der Waals surface area (Å²) in [5.74, 6) is 1.94. The molecular formula is C24H39N5O2. The monoisotopic (exact) mass is 429 g/mol. The van der Waals surface area contributed by atoms with Gasteiger partial charge in [-0.25, -0.2) is 0 Å². The van der Waals surface area contributed by atoms with Crippen molar-refractivity contribution >= 4 is 11.9 Å². The van der Waals surface area contributed by atoms with E-state index in [9.17, 15) is 4.79 Å². The van der Waals surface area contributed by atoms with Gasteiger partial charge >= 0.3 is 0 Å². The molecule has 0 radical (unpaired) electrons. The van der Waals surface area contributed by atoms with E-state index in [0.29, 0.717) is 18.9 Å². The highest BCUT2D eigenvalue weighted by Gasteiger charge is 2.26. The molecule has 2 unspecified atom stereocenters. The molecular weight excluding hydrogens is 390 g/mol. The molecule has 31 heavy (non-hydrogen) atoms. The number of carbonyl (C=O) groups is 1. The predicted molar refractivity (Wildman–Crippen MR) is 125 cm³/mol. The molecule has 2 heterocycles. The van der Waals surface area contributed by atoms with Crippen LogP contribution >= 0.6 is 0 Å². The standard InChI is InChI=1S/C24H39N5O2/c1-3-26-24(29-15-7-8-19(18-29)16-23(25)30)27-17-22(28-13-5-4-6-14-28)20-9-11-21(31-2)12-10-20/h9-12,19,22H,3-8,13-18H2,1-2H3,(H2,25,30)(H,26,27). The van der Waals surface area contributed by atoms with E-state index in [0.717, 1.165) is 57.3 Å². The van der Waals surface area contributed by atoms with Crippen molar-refractivity contribution in [1.82, 2.24) is 15.1 Å². The van der Waals surface area contributed by atoms with Gasteiger partial charge in [-0.1, -0.05) is 18.6 Å². The summed E-state index contributed by atoms with van der Waals surface area (Å²) >= 11 is 0. The Balaban J connectivity index is 1.76. The van der Waals surface area contributed by atoms with E-state index in [1.165, 1.54) is 24.8 Å². The maximum absolute atomic E-state index is 11.4. The molecule has 2 aliphatic heterocycles. The van der Waals surface area contributed by atoms with Crippen molar-refractivity contribution in [2.75, 3.05) is 46.4 Å². The van der Waals surface area contributed by atoms with Gasteiger partial charge in [0.1, 0.15) is 5.75 Å². The molecule has 7 heteroatoms. The lowest BCUT2D eigenvalue weighted by atomic mass is 9.95. The van der Waals surface area contributed by atoms with E-state index in [1.54, 1.807) is 7.11 Å². The summed E-state index contributed by atoms with van der Waals surface area (Å²) in [4.78, 5) is 21.4. The lowest BCUT2D eigenvalue weighted by Gasteiger charge is -2.36. The van der Waals surface area contributed by atoms with Crippen LogP contribution in [-0.4, -0.2) is 68.0 Å². The molecule has 2 atom stereocenters. The Morgan fingerprint density at radius 3 is 2.58 bits per heavy atom. The van der Waals surface area contributed by atoms with Crippen molar-refractivity contribution < 1.29 is 9.53 Å². The van der Waals surface area contributed by atoms with Crippen LogP contribution in [0.5, 0.6) is 5.75 Å². The fraction of sp³-hybridized carbons (Fsp3) is 0.667. The van der Waals surface area contributed by atoms with E-state index >= 15 is 0 Å². The Kier molecular flexibility index (Phi) is 9.00. The lowest BCUT2D eigenvalue weighted by Crippen LogP contribution is -2.47. The highest BCUT2D eigenvalue weighted by atomic mass is 16.5. The number of hydrogen-bond donors (Lipinski definition) is 2. The van der Waals surface area contributed by atoms with Gasteiger partial charge in [0.15, 0.2) is 5.96 Å². The molecule has 1 amide bonds. The number of nitrogens with zero attached hydrogens (tertiary/aromatic N) is 3. The van der Waals surface area contributed by atoms with E-state index < -0.39 is 0 Å². The van der Waals surface area contributed by atoms with Crippen LogP contribution in [0.1, 0.15) is 57.1 Å². The first-order valence-corrected chi connectivity index (χ1v) is 11.8. The summed E-state index contributed by atoms with van der Waals surface area (Å²) in [6.45, 7) is 7.69. The van der Waals surface area contributed by atoms with Crippen LogP contribution in [0, 0.1) is 5.92 Å². The summed E-state index contributed by atoms with van der Waals surface area (Å²) in [6.07, 6.45) is 6.39. The average Bonchev–Trinajstić information content (AvgIpc) is 2.79. The number of hydrogen-bond acceptors (Lipinski definition) is 4. The van der Waals surface area contributed by atoms with Crippen molar-refractivity contribution in [1.29, 1.82) is 0 Å². The highest BCUT2D eigenvalue weighted by Crippen LogP contribution is 2.27. The molecule has 0 bridgehead atoms. The first kappa shape index (κ1) is 23.4. The van der Waals surface area contributed by atoms with Crippen LogP contribution in [0.3, 0.4) is 0 Å². The Bertz CT molecular complexity index is 715. The molecule has 2 aliphatic rings. The molecule has 2 saturated heterocycles. The summed E-state index contributed by atoms with van der Waals surface area (Å²) in [5.41, 5.74) is 6.74. The summed E-state index contributed by atoms with van der Waals surface area (Å²) in [6, 6.07) is 8.68. The number of methoxy groups -OCH3 is 1. The molecule has 0 aliphatic carbocycles. The first-order valence-electron chi connectivity index (χ1n) is 11.8. The zero-order valence-corrected chi connectivity index (χ0v) is 19.2. The number of primary amides is 1. The van der Waals surface area contributed by atoms with Crippen molar-refractivity contribution in [3.63, 3.8) is 0 Å². The van der Waals surface area contributed by atoms with Gasteiger partial charge in [-0.3, -0.25) is 14.7 Å². The van der Waals surface area contributed by atoms with Gasteiger partial charge in [0.2, 0.25) is 5.91 Å². The maximum Gasteiger partial charge on any atom is 0.217 e. The molecule has 172 valence electrons. The van der Waals surface area contributed by atoms with Gasteiger partial charge in [-0.2, -0.15) is 0 Å². The molecule has 2 fully saturated rings. The third kappa shape index (κ3) is 6.86. The van der Waals surface area contributed by atoms with E-state index in [1.807, 2.05) is 12.1 Å².